The maximum Gasteiger partial charge on any atom is 0.123 e. The lowest BCUT2D eigenvalue weighted by Crippen LogP contribution is -2.30. The van der Waals surface area contributed by atoms with E-state index < -0.39 is 0 Å². The van der Waals surface area contributed by atoms with Crippen molar-refractivity contribution in [2.75, 3.05) is 26.2 Å². The van der Waals surface area contributed by atoms with Gasteiger partial charge in [-0.3, -0.25) is 0 Å². The van der Waals surface area contributed by atoms with Crippen LogP contribution in [0.4, 0.5) is 0 Å². The van der Waals surface area contributed by atoms with Crippen molar-refractivity contribution in [1.29, 1.82) is 0 Å². The van der Waals surface area contributed by atoms with Gasteiger partial charge in [-0.25, -0.2) is 0 Å². The molecule has 2 aromatic rings. The van der Waals surface area contributed by atoms with Crippen molar-refractivity contribution >= 4 is 11.6 Å². The van der Waals surface area contributed by atoms with Gasteiger partial charge >= 0.3 is 0 Å². The molecule has 1 aliphatic rings. The van der Waals surface area contributed by atoms with Gasteiger partial charge in [0.05, 0.1) is 0 Å². The normalized spacial score (nSPS) is 19.0. The fourth-order valence-electron chi connectivity index (χ4n) is 3.88. The zero-order valence-electron chi connectivity index (χ0n) is 17.1. The molecule has 2 nitrogen and oxygen atoms in total. The number of para-hydroxylation sites is 1. The highest BCUT2D eigenvalue weighted by molar-refractivity contribution is 6.31. The molecule has 1 unspecified atom stereocenters. The smallest absolute Gasteiger partial charge is 0.123 e. The van der Waals surface area contributed by atoms with E-state index in [0.717, 1.165) is 36.8 Å². The molecule has 0 spiro atoms. The summed E-state index contributed by atoms with van der Waals surface area (Å²) in [6.07, 6.45) is 7.18. The topological polar surface area (TPSA) is 12.5 Å². The SMILES string of the molecule is CCN(CC)CCOc1ccccc1C1(c2ccc(C)cc2)C=C(Cl)C=CC1. The second-order valence-corrected chi connectivity index (χ2v) is 7.78. The Morgan fingerprint density at radius 2 is 1.75 bits per heavy atom. The maximum atomic E-state index is 6.49. The number of likely N-dealkylation sites (N-methyl/N-ethyl adjacent to an activating group) is 1. The highest BCUT2D eigenvalue weighted by Crippen LogP contribution is 2.45. The van der Waals surface area contributed by atoms with Crippen LogP contribution in [-0.2, 0) is 5.41 Å². The van der Waals surface area contributed by atoms with Crippen LogP contribution in [0.3, 0.4) is 0 Å². The lowest BCUT2D eigenvalue weighted by molar-refractivity contribution is 0.220. The molecular formula is C25H30ClNO. The number of halogens is 1. The second kappa shape index (κ2) is 9.45. The van der Waals surface area contributed by atoms with E-state index in [-0.39, 0.29) is 5.41 Å². The van der Waals surface area contributed by atoms with E-state index in [1.807, 2.05) is 12.1 Å². The average molecular weight is 396 g/mol. The van der Waals surface area contributed by atoms with Crippen molar-refractivity contribution in [3.63, 3.8) is 0 Å². The Labute approximate surface area is 174 Å². The van der Waals surface area contributed by atoms with E-state index in [1.165, 1.54) is 16.7 Å². The summed E-state index contributed by atoms with van der Waals surface area (Å²) in [5.41, 5.74) is 3.34. The largest absolute Gasteiger partial charge is 0.492 e. The van der Waals surface area contributed by atoms with Crippen LogP contribution >= 0.6 is 11.6 Å². The molecule has 0 saturated heterocycles. The molecule has 148 valence electrons. The number of benzene rings is 2. The Bertz CT molecular complexity index is 836. The number of nitrogens with zero attached hydrogens (tertiary/aromatic N) is 1. The van der Waals surface area contributed by atoms with E-state index in [2.05, 4.69) is 80.3 Å². The van der Waals surface area contributed by atoms with E-state index in [0.29, 0.717) is 6.61 Å². The summed E-state index contributed by atoms with van der Waals surface area (Å²) in [6, 6.07) is 17.1. The summed E-state index contributed by atoms with van der Waals surface area (Å²) >= 11 is 6.49. The predicted octanol–water partition coefficient (Wildman–Crippen LogP) is 6.08. The number of allylic oxidation sites excluding steroid dienone is 4. The Morgan fingerprint density at radius 1 is 1.04 bits per heavy atom. The van der Waals surface area contributed by atoms with Gasteiger partial charge in [-0.05, 0) is 44.1 Å². The third-order valence-electron chi connectivity index (χ3n) is 5.60. The summed E-state index contributed by atoms with van der Waals surface area (Å²) in [7, 11) is 0. The summed E-state index contributed by atoms with van der Waals surface area (Å²) in [5.74, 6) is 0.936. The number of aryl methyl sites for hydroxylation is 1. The van der Waals surface area contributed by atoms with Crippen LogP contribution in [0.1, 0.15) is 37.0 Å². The molecule has 1 aliphatic carbocycles. The number of hydrogen-bond donors (Lipinski definition) is 0. The molecule has 3 rings (SSSR count). The Morgan fingerprint density at radius 3 is 2.43 bits per heavy atom. The predicted molar refractivity (Wildman–Crippen MR) is 119 cm³/mol. The van der Waals surface area contributed by atoms with E-state index in [9.17, 15) is 0 Å². The average Bonchev–Trinajstić information content (AvgIpc) is 2.72. The van der Waals surface area contributed by atoms with Gasteiger partial charge in [0.2, 0.25) is 0 Å². The van der Waals surface area contributed by atoms with Crippen molar-refractivity contribution < 1.29 is 4.74 Å². The highest BCUT2D eigenvalue weighted by Gasteiger charge is 2.35. The molecule has 2 aromatic carbocycles. The van der Waals surface area contributed by atoms with Crippen LogP contribution in [0, 0.1) is 6.92 Å². The highest BCUT2D eigenvalue weighted by atomic mass is 35.5. The Hall–Kier alpha value is -2.03. The molecule has 1 atom stereocenters. The van der Waals surface area contributed by atoms with Crippen molar-refractivity contribution in [2.45, 2.75) is 32.6 Å². The second-order valence-electron chi connectivity index (χ2n) is 7.34. The third-order valence-corrected chi connectivity index (χ3v) is 5.83. The summed E-state index contributed by atoms with van der Waals surface area (Å²) < 4.78 is 6.29. The van der Waals surface area contributed by atoms with E-state index in [4.69, 9.17) is 16.3 Å². The fraction of sp³-hybridized carbons (Fsp3) is 0.360. The molecule has 0 fully saturated rings. The van der Waals surface area contributed by atoms with Gasteiger partial charge in [0.25, 0.3) is 0 Å². The molecular weight excluding hydrogens is 366 g/mol. The number of rotatable bonds is 8. The zero-order chi connectivity index (χ0) is 20.0. The molecule has 0 N–H and O–H groups in total. The zero-order valence-corrected chi connectivity index (χ0v) is 17.9. The minimum Gasteiger partial charge on any atom is -0.492 e. The van der Waals surface area contributed by atoms with Crippen molar-refractivity contribution in [3.05, 3.63) is 88.5 Å². The molecule has 0 aromatic heterocycles. The molecule has 0 heterocycles. The van der Waals surface area contributed by atoms with Gasteiger partial charge in [0.15, 0.2) is 0 Å². The number of ether oxygens (including phenoxy) is 1. The number of hydrogen-bond acceptors (Lipinski definition) is 2. The molecule has 28 heavy (non-hydrogen) atoms. The van der Waals surface area contributed by atoms with Gasteiger partial charge in [0, 0.05) is 22.6 Å². The van der Waals surface area contributed by atoms with Crippen LogP contribution < -0.4 is 4.74 Å². The van der Waals surface area contributed by atoms with E-state index in [1.54, 1.807) is 0 Å². The molecule has 0 aliphatic heterocycles. The molecule has 3 heteroatoms. The van der Waals surface area contributed by atoms with Crippen molar-refractivity contribution in [2.24, 2.45) is 0 Å². The molecule has 0 amide bonds. The van der Waals surface area contributed by atoms with Gasteiger partial charge in [-0.2, -0.15) is 0 Å². The van der Waals surface area contributed by atoms with E-state index >= 15 is 0 Å². The Balaban J connectivity index is 1.98. The summed E-state index contributed by atoms with van der Waals surface area (Å²) in [6.45, 7) is 10.2. The quantitative estimate of drug-likeness (QED) is 0.536. The first-order valence-electron chi connectivity index (χ1n) is 10.2. The molecule has 0 radical (unpaired) electrons. The van der Waals surface area contributed by atoms with Crippen LogP contribution in [0.25, 0.3) is 0 Å². The van der Waals surface area contributed by atoms with Crippen LogP contribution in [0.2, 0.25) is 0 Å². The maximum absolute atomic E-state index is 6.49. The molecule has 0 bridgehead atoms. The van der Waals surface area contributed by atoms with Gasteiger partial charge in [-0.15, -0.1) is 0 Å². The minimum atomic E-state index is -0.314. The van der Waals surface area contributed by atoms with Gasteiger partial charge < -0.3 is 9.64 Å². The monoisotopic (exact) mass is 395 g/mol. The minimum absolute atomic E-state index is 0.314. The summed E-state index contributed by atoms with van der Waals surface area (Å²) in [4.78, 5) is 2.37. The first kappa shape index (κ1) is 20.7. The lowest BCUT2D eigenvalue weighted by Gasteiger charge is -2.35. The first-order chi connectivity index (χ1) is 13.6. The van der Waals surface area contributed by atoms with Crippen molar-refractivity contribution in [3.8, 4) is 5.75 Å². The molecule has 0 saturated carbocycles. The Kier molecular flexibility index (Phi) is 6.98. The first-order valence-corrected chi connectivity index (χ1v) is 10.5. The lowest BCUT2D eigenvalue weighted by atomic mass is 9.70. The van der Waals surface area contributed by atoms with Crippen LogP contribution in [0.5, 0.6) is 5.75 Å². The third kappa shape index (κ3) is 4.51. The van der Waals surface area contributed by atoms with Gasteiger partial charge in [-0.1, -0.05) is 85.6 Å². The van der Waals surface area contributed by atoms with Crippen molar-refractivity contribution in [1.82, 2.24) is 4.90 Å². The fourth-order valence-corrected chi connectivity index (χ4v) is 4.16. The standard InChI is InChI=1S/C25H30ClNO/c1-4-27(5-2)17-18-28-24-11-7-6-10-23(24)25(16-8-9-22(26)19-25)21-14-12-20(3)13-15-21/h6-15,19H,4-5,16-18H2,1-3H3. The summed E-state index contributed by atoms with van der Waals surface area (Å²) in [5, 5.41) is 0.768. The van der Waals surface area contributed by atoms with Crippen LogP contribution in [0.15, 0.2) is 71.8 Å². The van der Waals surface area contributed by atoms with Crippen LogP contribution in [-0.4, -0.2) is 31.1 Å². The van der Waals surface area contributed by atoms with Gasteiger partial charge in [0.1, 0.15) is 12.4 Å².